The number of carbonyl (C=O) groups is 1. The van der Waals surface area contributed by atoms with Crippen LogP contribution in [0.4, 0.5) is 0 Å². The van der Waals surface area contributed by atoms with Gasteiger partial charge in [0.05, 0.1) is 21.4 Å². The first-order valence-electron chi connectivity index (χ1n) is 13.0. The maximum atomic E-state index is 14.1. The van der Waals surface area contributed by atoms with Crippen molar-refractivity contribution < 1.29 is 26.7 Å². The predicted molar refractivity (Wildman–Crippen MR) is 160 cm³/mol. The molecule has 4 aromatic rings. The van der Waals surface area contributed by atoms with Crippen molar-refractivity contribution in [2.24, 2.45) is 0 Å². The third kappa shape index (κ3) is 6.94. The van der Waals surface area contributed by atoms with Crippen molar-refractivity contribution in [2.45, 2.75) is 43.7 Å². The molecule has 0 heterocycles. The smallest absolute Gasteiger partial charge is 0.319 e. The lowest BCUT2D eigenvalue weighted by molar-refractivity contribution is -0.134. The van der Waals surface area contributed by atoms with Crippen molar-refractivity contribution in [3.8, 4) is 17.2 Å². The summed E-state index contributed by atoms with van der Waals surface area (Å²) in [7, 11) is -7.95. The fourth-order valence-corrected chi connectivity index (χ4v) is 7.90. The monoisotopic (exact) mass is 602 g/mol. The van der Waals surface area contributed by atoms with Gasteiger partial charge in [-0.2, -0.15) is 9.57 Å². The molecule has 4 aromatic carbocycles. The molecule has 216 valence electrons. The maximum Gasteiger partial charge on any atom is 0.319 e. The first kappa shape index (κ1) is 30.7. The van der Waals surface area contributed by atoms with Crippen LogP contribution in [0.2, 0.25) is 0 Å². The number of benzene rings is 4. The van der Waals surface area contributed by atoms with Gasteiger partial charge in [-0.15, -0.1) is 0 Å². The van der Waals surface area contributed by atoms with Gasteiger partial charge < -0.3 is 5.11 Å². The van der Waals surface area contributed by atoms with E-state index in [1.807, 2.05) is 19.1 Å². The lowest BCUT2D eigenvalue weighted by atomic mass is 10.0. The molecule has 0 amide bonds. The van der Waals surface area contributed by atoms with Crippen molar-refractivity contribution >= 4 is 25.8 Å². The van der Waals surface area contributed by atoms with Crippen LogP contribution in [-0.4, -0.2) is 38.0 Å². The van der Waals surface area contributed by atoms with Crippen molar-refractivity contribution in [1.29, 1.82) is 5.26 Å². The van der Waals surface area contributed by atoms with E-state index in [1.165, 1.54) is 16.4 Å². The first-order chi connectivity index (χ1) is 19.8. The highest BCUT2D eigenvalue weighted by Crippen LogP contribution is 2.29. The van der Waals surface area contributed by atoms with E-state index in [1.54, 1.807) is 74.5 Å². The van der Waals surface area contributed by atoms with Crippen molar-refractivity contribution in [3.05, 3.63) is 118 Å². The van der Waals surface area contributed by atoms with Crippen LogP contribution in [0.1, 0.15) is 33.4 Å². The van der Waals surface area contributed by atoms with E-state index in [9.17, 15) is 26.9 Å². The van der Waals surface area contributed by atoms with Crippen molar-refractivity contribution in [2.75, 3.05) is 5.75 Å². The molecular weight excluding hydrogens is 572 g/mol. The van der Waals surface area contributed by atoms with E-state index in [0.717, 1.165) is 5.56 Å². The van der Waals surface area contributed by atoms with Crippen molar-refractivity contribution in [3.63, 3.8) is 0 Å². The van der Waals surface area contributed by atoms with Crippen LogP contribution in [0.5, 0.6) is 0 Å². The third-order valence-electron chi connectivity index (χ3n) is 6.77. The zero-order chi connectivity index (χ0) is 30.7. The number of hydrogen-bond acceptors (Lipinski definition) is 6. The summed E-state index contributed by atoms with van der Waals surface area (Å²) in [4.78, 5) is 11.1. The Hall–Kier alpha value is -4.30. The van der Waals surface area contributed by atoms with Crippen LogP contribution in [0, 0.1) is 32.1 Å². The SMILES string of the molecule is Cc1cc(C)c(S(=O)(=O)N(Cc2ccc(-c3cccc(S(=O)(=O)CC(=O)O)c3)cc2)Cc2cccc(C#N)c2)c(C)c1. The van der Waals surface area contributed by atoms with Crippen molar-refractivity contribution in [1.82, 2.24) is 4.31 Å². The summed E-state index contributed by atoms with van der Waals surface area (Å²) in [5, 5.41) is 18.3. The zero-order valence-electron chi connectivity index (χ0n) is 23.4. The molecule has 0 spiro atoms. The summed E-state index contributed by atoms with van der Waals surface area (Å²) in [6, 6.07) is 25.8. The molecule has 0 atom stereocenters. The Morgan fingerprint density at radius 1 is 0.786 bits per heavy atom. The maximum absolute atomic E-state index is 14.1. The lowest BCUT2D eigenvalue weighted by Gasteiger charge is -2.25. The summed E-state index contributed by atoms with van der Waals surface area (Å²) >= 11 is 0. The van der Waals surface area contributed by atoms with Gasteiger partial charge in [0.2, 0.25) is 10.0 Å². The number of nitriles is 1. The first-order valence-corrected chi connectivity index (χ1v) is 16.1. The lowest BCUT2D eigenvalue weighted by Crippen LogP contribution is -2.31. The van der Waals surface area contributed by atoms with Gasteiger partial charge in [0.25, 0.3) is 0 Å². The predicted octanol–water partition coefficient (Wildman–Crippen LogP) is 5.40. The fourth-order valence-electron chi connectivity index (χ4n) is 4.99. The number of sulfonamides is 1. The van der Waals surface area contributed by atoms with Gasteiger partial charge in [-0.3, -0.25) is 4.79 Å². The Kier molecular flexibility index (Phi) is 8.97. The molecular formula is C32H30N2O6S2. The average molecular weight is 603 g/mol. The molecule has 0 aliphatic carbocycles. The second-order valence-electron chi connectivity index (χ2n) is 10.2. The minimum atomic E-state index is -3.99. The molecule has 0 aliphatic rings. The van der Waals surface area contributed by atoms with E-state index in [-0.39, 0.29) is 22.9 Å². The Labute approximate surface area is 246 Å². The number of nitrogens with zero attached hydrogens (tertiary/aromatic N) is 2. The van der Waals surface area contributed by atoms with E-state index < -0.39 is 31.6 Å². The Morgan fingerprint density at radius 2 is 1.40 bits per heavy atom. The molecule has 8 nitrogen and oxygen atoms in total. The molecule has 0 aliphatic heterocycles. The molecule has 0 aromatic heterocycles. The van der Waals surface area contributed by atoms with E-state index in [0.29, 0.717) is 38.9 Å². The quantitative estimate of drug-likeness (QED) is 0.257. The minimum Gasteiger partial charge on any atom is -0.480 e. The van der Waals surface area contributed by atoms with Crippen LogP contribution >= 0.6 is 0 Å². The molecule has 0 radical (unpaired) electrons. The highest BCUT2D eigenvalue weighted by atomic mass is 32.2. The number of rotatable bonds is 10. The molecule has 0 saturated heterocycles. The molecule has 42 heavy (non-hydrogen) atoms. The Bertz CT molecular complexity index is 1890. The Morgan fingerprint density at radius 3 is 2.02 bits per heavy atom. The molecule has 1 N–H and O–H groups in total. The van der Waals surface area contributed by atoms with Crippen LogP contribution in [0.25, 0.3) is 11.1 Å². The van der Waals surface area contributed by atoms with Gasteiger partial charge in [0, 0.05) is 13.1 Å². The largest absolute Gasteiger partial charge is 0.480 e. The number of aliphatic carboxylic acids is 1. The fraction of sp³-hybridized carbons (Fsp3) is 0.188. The summed E-state index contributed by atoms with van der Waals surface area (Å²) in [5.41, 5.74) is 5.35. The topological polar surface area (TPSA) is 133 Å². The number of carboxylic acids is 1. The number of aryl methyl sites for hydroxylation is 3. The number of carboxylic acid groups (broad SMARTS) is 1. The second kappa shape index (κ2) is 12.3. The van der Waals surface area contributed by atoms with Gasteiger partial charge in [0.1, 0.15) is 0 Å². The van der Waals surface area contributed by atoms with E-state index in [2.05, 4.69) is 6.07 Å². The summed E-state index contributed by atoms with van der Waals surface area (Å²) < 4.78 is 54.4. The highest BCUT2D eigenvalue weighted by molar-refractivity contribution is 7.92. The van der Waals surface area contributed by atoms with Gasteiger partial charge in [-0.05, 0) is 78.4 Å². The van der Waals surface area contributed by atoms with Crippen LogP contribution in [-0.2, 0) is 37.7 Å². The van der Waals surface area contributed by atoms with Crippen LogP contribution in [0.15, 0.2) is 94.7 Å². The van der Waals surface area contributed by atoms with E-state index >= 15 is 0 Å². The number of hydrogen-bond donors (Lipinski definition) is 1. The second-order valence-corrected chi connectivity index (χ2v) is 14.1. The zero-order valence-corrected chi connectivity index (χ0v) is 25.0. The van der Waals surface area contributed by atoms with Gasteiger partial charge in [-0.25, -0.2) is 16.8 Å². The molecule has 0 bridgehead atoms. The number of sulfone groups is 1. The summed E-state index contributed by atoms with van der Waals surface area (Å²) in [6.45, 7) is 5.58. The third-order valence-corrected chi connectivity index (χ3v) is 10.5. The van der Waals surface area contributed by atoms with Crippen LogP contribution < -0.4 is 0 Å². The molecule has 4 rings (SSSR count). The molecule has 0 fully saturated rings. The molecule has 0 unspecified atom stereocenters. The minimum absolute atomic E-state index is 0.0514. The summed E-state index contributed by atoms with van der Waals surface area (Å²) in [5.74, 6) is -2.43. The normalized spacial score (nSPS) is 11.8. The average Bonchev–Trinajstić information content (AvgIpc) is 2.92. The molecule has 10 heteroatoms. The molecule has 0 saturated carbocycles. The van der Waals surface area contributed by atoms with Gasteiger partial charge in [-0.1, -0.05) is 66.2 Å². The standard InChI is InChI=1S/C32H30N2O6S2/c1-22-14-23(2)32(24(3)15-22)42(39,40)34(20-27-7-4-6-26(16-27)18-33)19-25-10-12-28(13-11-25)29-8-5-9-30(17-29)41(37,38)21-31(35)36/h4-17H,19-21H2,1-3H3,(H,35,36). The van der Waals surface area contributed by atoms with Crippen LogP contribution in [0.3, 0.4) is 0 Å². The van der Waals surface area contributed by atoms with Gasteiger partial charge in [0.15, 0.2) is 15.6 Å². The summed E-state index contributed by atoms with van der Waals surface area (Å²) in [6.07, 6.45) is 0. The van der Waals surface area contributed by atoms with E-state index in [4.69, 9.17) is 5.11 Å². The van der Waals surface area contributed by atoms with Gasteiger partial charge >= 0.3 is 5.97 Å². The Balaban J connectivity index is 1.69. The highest BCUT2D eigenvalue weighted by Gasteiger charge is 2.28.